The second-order valence-electron chi connectivity index (χ2n) is 8.68. The molecular formula is C9H48N3Na5O30P10. The quantitative estimate of drug-likeness (QED) is 0.0436. The van der Waals surface area contributed by atoms with E-state index >= 15 is 0 Å². The van der Waals surface area contributed by atoms with Crippen molar-refractivity contribution in [2.75, 3.05) is 55.7 Å². The summed E-state index contributed by atoms with van der Waals surface area (Å²) in [4.78, 5) is 159. The molecule has 0 aliphatic carbocycles. The van der Waals surface area contributed by atoms with Crippen LogP contribution in [-0.2, 0) is 45.7 Å². The first kappa shape index (κ1) is 89.9. The smallest absolute Gasteiger partial charge is 1.00 e. The predicted molar refractivity (Wildman–Crippen MR) is 181 cm³/mol. The topological polar surface area (TPSA) is 639 Å². The van der Waals surface area contributed by atoms with Gasteiger partial charge in [-0.15, -0.1) is 0 Å². The van der Waals surface area contributed by atoms with E-state index in [1.165, 1.54) is 0 Å². The predicted octanol–water partition coefficient (Wildman–Crippen LogP) is -19.4. The van der Waals surface area contributed by atoms with Crippen LogP contribution in [0.2, 0.25) is 0 Å². The second-order valence-corrected chi connectivity index (χ2v) is 27.6. The van der Waals surface area contributed by atoms with Crippen molar-refractivity contribution in [1.29, 1.82) is 0 Å². The van der Waals surface area contributed by atoms with E-state index in [0.29, 0.717) is 13.1 Å². The van der Waals surface area contributed by atoms with Gasteiger partial charge in [-0.05, 0) is 0 Å². The summed E-state index contributed by atoms with van der Waals surface area (Å²) in [6.07, 6.45) is 0. The number of hydrogen-bond donors (Lipinski definition) is 23. The Morgan fingerprint density at radius 2 is 0.368 bits per heavy atom. The van der Waals surface area contributed by atoms with E-state index in [0.717, 1.165) is 13.1 Å². The van der Waals surface area contributed by atoms with Gasteiger partial charge in [-0.25, -0.2) is 0 Å². The Kier molecular flexibility index (Phi) is 63.5. The average molecular weight is 1100 g/mol. The van der Waals surface area contributed by atoms with Gasteiger partial charge < -0.3 is 122 Å². The van der Waals surface area contributed by atoms with Gasteiger partial charge >= 0.3 is 224 Å². The van der Waals surface area contributed by atoms with Crippen molar-refractivity contribution < 1.29 is 298 Å². The molecular weight excluding hydrogens is 1050 g/mol. The van der Waals surface area contributed by atoms with Crippen LogP contribution in [0.3, 0.4) is 0 Å². The van der Waals surface area contributed by atoms with E-state index in [4.69, 9.17) is 109 Å². The van der Waals surface area contributed by atoms with E-state index in [1.807, 2.05) is 0 Å². The Balaban J connectivity index is -0.0000000284. The van der Waals surface area contributed by atoms with Crippen molar-refractivity contribution in [2.24, 2.45) is 11.5 Å². The molecule has 0 saturated carbocycles. The molecule has 48 heteroatoms. The fourth-order valence-electron chi connectivity index (χ4n) is 1.53. The number of nitrogens with two attached hydrogens (primary N) is 2. The van der Waals surface area contributed by atoms with E-state index in [-0.39, 0.29) is 155 Å². The maximum absolute atomic E-state index is 9.85. The molecule has 0 rings (SSSR count). The average Bonchev–Trinajstić information content (AvgIpc) is 2.62. The fraction of sp³-hybridized carbons (Fsp3) is 1.00. The largest absolute Gasteiger partial charge is 1.00 e. The van der Waals surface area contributed by atoms with Crippen LogP contribution in [0.25, 0.3) is 0 Å². The van der Waals surface area contributed by atoms with Crippen molar-refractivity contribution in [3.63, 3.8) is 0 Å². The van der Waals surface area contributed by atoms with E-state index < -0.39 is 105 Å². The van der Waals surface area contributed by atoms with E-state index in [2.05, 4.69) is 5.32 Å². The first-order valence-corrected chi connectivity index (χ1v) is 29.5. The summed E-state index contributed by atoms with van der Waals surface area (Å²) in [5.41, 5.74) is 10.3. The van der Waals surface area contributed by atoms with E-state index in [1.54, 1.807) is 0 Å². The molecule has 0 aromatic rings. The molecule has 0 heterocycles. The SMILES string of the molecule is NCCNCCN.O=P(O)(O)CP(=O)(O)O.O=P(O)(O)CP(=O)(O)O.O=P(O)(O)CP(=O)(O)O.O=P(O)(O)CP(=O)(O)O.O=P(O)(O)CP(=O)(O)O.[H-].[H-].[H-].[H-].[H-].[Na+].[Na+].[Na+].[Na+].[Na+]. The minimum atomic E-state index is -4.55. The third kappa shape index (κ3) is 139. The molecule has 57 heavy (non-hydrogen) atoms. The van der Waals surface area contributed by atoms with Crippen molar-refractivity contribution in [1.82, 2.24) is 5.32 Å². The molecule has 0 fully saturated rings. The number of hydrogen-bond acceptors (Lipinski definition) is 13. The minimum Gasteiger partial charge on any atom is -1.00 e. The second kappa shape index (κ2) is 40.3. The van der Waals surface area contributed by atoms with Crippen LogP contribution in [0.15, 0.2) is 0 Å². The zero-order valence-corrected chi connectivity index (χ0v) is 49.5. The van der Waals surface area contributed by atoms with Crippen molar-refractivity contribution in [3.8, 4) is 0 Å². The van der Waals surface area contributed by atoms with Crippen LogP contribution >= 0.6 is 76.0 Å². The van der Waals surface area contributed by atoms with Crippen molar-refractivity contribution >= 4 is 76.0 Å². The first-order chi connectivity index (χ1) is 21.9. The molecule has 33 nitrogen and oxygen atoms in total. The van der Waals surface area contributed by atoms with Crippen LogP contribution in [0.4, 0.5) is 0 Å². The van der Waals surface area contributed by atoms with Crippen LogP contribution < -0.4 is 165 Å². The molecule has 0 aromatic carbocycles. The normalized spacial score (nSPS) is 12.0. The van der Waals surface area contributed by atoms with Crippen molar-refractivity contribution in [3.05, 3.63) is 0 Å². The van der Waals surface area contributed by atoms with Crippen molar-refractivity contribution in [2.45, 2.75) is 0 Å². The zero-order chi connectivity index (χ0) is 44.1. The molecule has 0 atom stereocenters. The Morgan fingerprint density at radius 3 is 0.404 bits per heavy atom. The molecule has 25 N–H and O–H groups in total. The monoisotopic (exact) mass is 1100 g/mol. The van der Waals surface area contributed by atoms with Gasteiger partial charge in [0.15, 0.2) is 29.5 Å². The van der Waals surface area contributed by atoms with Gasteiger partial charge in [0.1, 0.15) is 0 Å². The summed E-state index contributed by atoms with van der Waals surface area (Å²) in [6, 6.07) is 0. The number of nitrogens with one attached hydrogen (secondary N) is 1. The third-order valence-corrected chi connectivity index (χ3v) is 17.2. The fourth-order valence-corrected chi connectivity index (χ4v) is 11.1. The molecule has 334 valence electrons. The molecule has 0 amide bonds. The van der Waals surface area contributed by atoms with Crippen LogP contribution in [0.1, 0.15) is 7.13 Å². The third-order valence-electron chi connectivity index (χ3n) is 2.48. The molecule has 0 radical (unpaired) electrons. The summed E-state index contributed by atoms with van der Waals surface area (Å²) in [5, 5.41) is 3.03. The molecule has 0 aliphatic heterocycles. The van der Waals surface area contributed by atoms with E-state index in [9.17, 15) is 45.7 Å². The summed E-state index contributed by atoms with van der Waals surface area (Å²) < 4.78 is 98.5. The van der Waals surface area contributed by atoms with Crippen LogP contribution in [0.5, 0.6) is 0 Å². The zero-order valence-electron chi connectivity index (χ0n) is 35.5. The molecule has 0 unspecified atom stereocenters. The van der Waals surface area contributed by atoms with Crippen LogP contribution in [-0.4, -0.2) is 154 Å². The molecule has 0 bridgehead atoms. The van der Waals surface area contributed by atoms with Gasteiger partial charge in [0.25, 0.3) is 0 Å². The van der Waals surface area contributed by atoms with Gasteiger partial charge in [-0.1, -0.05) is 0 Å². The Morgan fingerprint density at radius 1 is 0.281 bits per heavy atom. The number of rotatable bonds is 14. The van der Waals surface area contributed by atoms with Gasteiger partial charge in [-0.2, -0.15) is 0 Å². The summed E-state index contributed by atoms with van der Waals surface area (Å²) in [6.45, 7) is 3.13. The molecule has 0 aromatic heterocycles. The summed E-state index contributed by atoms with van der Waals surface area (Å²) >= 11 is 0. The molecule has 0 spiro atoms. The van der Waals surface area contributed by atoms with Gasteiger partial charge in [0, 0.05) is 26.2 Å². The van der Waals surface area contributed by atoms with Gasteiger partial charge in [0.2, 0.25) is 0 Å². The summed E-state index contributed by atoms with van der Waals surface area (Å²) in [5.74, 6) is -6.88. The Hall–Kier alpha value is 6.38. The standard InChI is InChI=1S/C4H13N3.5CH6O6P2.5Na.5H/c5-1-3-7-4-2-6;5*2-8(3,4)1-9(5,6)7;;;;;;;;;;/h7H,1-6H2;5*1H2,(H2,2,3,4)(H2,5,6,7);;;;;;;;;;/q;;;;;;5*+1;5*-1. The maximum atomic E-state index is 9.85. The Bertz CT molecular complexity index is 1160. The van der Waals surface area contributed by atoms with Gasteiger partial charge in [0.05, 0.1) is 0 Å². The van der Waals surface area contributed by atoms with Crippen LogP contribution in [0, 0.1) is 0 Å². The molecule has 0 saturated heterocycles. The molecule has 0 aliphatic rings. The minimum absolute atomic E-state index is 0. The maximum Gasteiger partial charge on any atom is 1.00 e. The first-order valence-electron chi connectivity index (χ1n) is 11.5. The Labute approximate surface area is 441 Å². The summed E-state index contributed by atoms with van der Waals surface area (Å²) in [7, 11) is -45.5. The van der Waals surface area contributed by atoms with Gasteiger partial charge in [-0.3, -0.25) is 45.7 Å².